The summed E-state index contributed by atoms with van der Waals surface area (Å²) in [5.74, 6) is -0.750. The molecule has 1 aliphatic rings. The molecule has 1 N–H and O–H groups in total. The minimum atomic E-state index is -3.71. The number of benzene rings is 2. The van der Waals surface area contributed by atoms with Crippen molar-refractivity contribution in [3.8, 4) is 0 Å². The van der Waals surface area contributed by atoms with Gasteiger partial charge in [0.1, 0.15) is 0 Å². The molecule has 2 aromatic carbocycles. The number of esters is 1. The number of hydrogen-bond donors (Lipinski definition) is 1. The number of carbonyl (C=O) groups is 2. The van der Waals surface area contributed by atoms with Gasteiger partial charge in [0.2, 0.25) is 5.91 Å². The lowest BCUT2D eigenvalue weighted by Gasteiger charge is -2.31. The first-order valence-electron chi connectivity index (χ1n) is 9.99. The third-order valence-corrected chi connectivity index (χ3v) is 6.74. The number of rotatable bonds is 7. The molecule has 1 heterocycles. The quantitative estimate of drug-likeness (QED) is 0.680. The van der Waals surface area contributed by atoms with Crippen molar-refractivity contribution in [3.63, 3.8) is 0 Å². The molecule has 2 aromatic rings. The van der Waals surface area contributed by atoms with Gasteiger partial charge in [-0.15, -0.1) is 0 Å². The molecule has 7 nitrogen and oxygen atoms in total. The Balaban J connectivity index is 1.80. The van der Waals surface area contributed by atoms with Crippen molar-refractivity contribution >= 4 is 33.3 Å². The molecular formula is C22H26N2O5S. The molecule has 0 aromatic heterocycles. The Hall–Kier alpha value is -2.87. The third kappa shape index (κ3) is 4.99. The van der Waals surface area contributed by atoms with Gasteiger partial charge < -0.3 is 10.1 Å². The molecule has 0 spiro atoms. The van der Waals surface area contributed by atoms with Crippen LogP contribution in [0.5, 0.6) is 0 Å². The standard InChI is InChI=1S/C22H26N2O5S/c1-3-29-22(26)13-12-21(25)23-18-9-8-17-5-4-14-24(20(17)15-18)30(27,28)19-10-6-16(2)7-11-19/h6-11,15H,3-5,12-14H2,1-2H3,(H,23,25). The average Bonchev–Trinajstić information content (AvgIpc) is 2.72. The summed E-state index contributed by atoms with van der Waals surface area (Å²) in [5, 5.41) is 2.74. The molecule has 0 saturated carbocycles. The van der Waals surface area contributed by atoms with Gasteiger partial charge in [-0.05, 0) is 56.5 Å². The van der Waals surface area contributed by atoms with E-state index >= 15 is 0 Å². The van der Waals surface area contributed by atoms with E-state index in [0.717, 1.165) is 24.0 Å². The number of hydrogen-bond acceptors (Lipinski definition) is 5. The highest BCUT2D eigenvalue weighted by molar-refractivity contribution is 7.92. The molecule has 0 aliphatic carbocycles. The van der Waals surface area contributed by atoms with Gasteiger partial charge in [-0.2, -0.15) is 0 Å². The zero-order valence-electron chi connectivity index (χ0n) is 17.2. The van der Waals surface area contributed by atoms with Gasteiger partial charge in [0.25, 0.3) is 10.0 Å². The summed E-state index contributed by atoms with van der Waals surface area (Å²) in [5.41, 5.74) is 2.97. The van der Waals surface area contributed by atoms with Gasteiger partial charge in [0.05, 0.1) is 23.6 Å². The van der Waals surface area contributed by atoms with E-state index in [4.69, 9.17) is 4.74 Å². The zero-order chi connectivity index (χ0) is 21.7. The summed E-state index contributed by atoms with van der Waals surface area (Å²) in [6.45, 7) is 4.27. The highest BCUT2D eigenvalue weighted by Gasteiger charge is 2.29. The van der Waals surface area contributed by atoms with Gasteiger partial charge in [-0.25, -0.2) is 8.42 Å². The second kappa shape index (κ2) is 9.30. The number of nitrogens with zero attached hydrogens (tertiary/aromatic N) is 1. The predicted molar refractivity (Wildman–Crippen MR) is 115 cm³/mol. The third-order valence-electron chi connectivity index (χ3n) is 4.92. The molecule has 1 aliphatic heterocycles. The topological polar surface area (TPSA) is 92.8 Å². The van der Waals surface area contributed by atoms with E-state index in [-0.39, 0.29) is 30.3 Å². The fourth-order valence-electron chi connectivity index (χ4n) is 3.38. The van der Waals surface area contributed by atoms with Crippen molar-refractivity contribution in [2.24, 2.45) is 0 Å². The van der Waals surface area contributed by atoms with Crippen LogP contribution in [0.25, 0.3) is 0 Å². The number of aryl methyl sites for hydroxylation is 2. The molecule has 8 heteroatoms. The van der Waals surface area contributed by atoms with Gasteiger partial charge in [0, 0.05) is 18.7 Å². The number of amides is 1. The van der Waals surface area contributed by atoms with E-state index in [1.54, 1.807) is 43.3 Å². The van der Waals surface area contributed by atoms with E-state index in [9.17, 15) is 18.0 Å². The number of carbonyl (C=O) groups excluding carboxylic acids is 2. The molecule has 0 radical (unpaired) electrons. The molecule has 0 bridgehead atoms. The summed E-state index contributed by atoms with van der Waals surface area (Å²) in [7, 11) is -3.71. The van der Waals surface area contributed by atoms with Crippen molar-refractivity contribution in [1.29, 1.82) is 0 Å². The van der Waals surface area contributed by atoms with Crippen molar-refractivity contribution in [2.45, 2.75) is 44.4 Å². The maximum atomic E-state index is 13.2. The summed E-state index contributed by atoms with van der Waals surface area (Å²) in [6, 6.07) is 12.1. The van der Waals surface area contributed by atoms with Crippen LogP contribution in [0.2, 0.25) is 0 Å². The lowest BCUT2D eigenvalue weighted by Crippen LogP contribution is -2.35. The van der Waals surface area contributed by atoms with E-state index in [1.165, 1.54) is 4.31 Å². The lowest BCUT2D eigenvalue weighted by molar-refractivity contribution is -0.144. The molecule has 0 saturated heterocycles. The van der Waals surface area contributed by atoms with E-state index in [0.29, 0.717) is 17.9 Å². The van der Waals surface area contributed by atoms with Crippen LogP contribution in [0, 0.1) is 6.92 Å². The number of nitrogens with one attached hydrogen (secondary N) is 1. The highest BCUT2D eigenvalue weighted by atomic mass is 32.2. The van der Waals surface area contributed by atoms with Crippen LogP contribution in [0.1, 0.15) is 37.3 Å². The van der Waals surface area contributed by atoms with Crippen LogP contribution in [-0.2, 0) is 30.8 Å². The summed E-state index contributed by atoms with van der Waals surface area (Å²) in [4.78, 5) is 23.8. The Bertz CT molecular complexity index is 1030. The normalized spacial score (nSPS) is 13.5. The van der Waals surface area contributed by atoms with Crippen molar-refractivity contribution in [3.05, 3.63) is 53.6 Å². The summed E-state index contributed by atoms with van der Waals surface area (Å²) >= 11 is 0. The maximum Gasteiger partial charge on any atom is 0.306 e. The van der Waals surface area contributed by atoms with E-state index in [1.807, 2.05) is 13.0 Å². The first-order chi connectivity index (χ1) is 14.3. The monoisotopic (exact) mass is 430 g/mol. The Labute approximate surface area is 177 Å². The molecule has 160 valence electrons. The Morgan fingerprint density at radius 1 is 1.10 bits per heavy atom. The van der Waals surface area contributed by atoms with Gasteiger partial charge in [0.15, 0.2) is 0 Å². The van der Waals surface area contributed by atoms with Gasteiger partial charge >= 0.3 is 5.97 Å². The SMILES string of the molecule is CCOC(=O)CCC(=O)Nc1ccc2c(c1)N(S(=O)(=O)c1ccc(C)cc1)CCC2. The Morgan fingerprint density at radius 3 is 2.53 bits per heavy atom. The molecule has 30 heavy (non-hydrogen) atoms. The van der Waals surface area contributed by atoms with E-state index in [2.05, 4.69) is 5.32 Å². The maximum absolute atomic E-state index is 13.2. The average molecular weight is 431 g/mol. The second-order valence-corrected chi connectivity index (χ2v) is 9.05. The molecule has 3 rings (SSSR count). The van der Waals surface area contributed by atoms with Crippen LogP contribution in [-0.4, -0.2) is 33.4 Å². The number of anilines is 2. The first-order valence-corrected chi connectivity index (χ1v) is 11.4. The molecular weight excluding hydrogens is 404 g/mol. The summed E-state index contributed by atoms with van der Waals surface area (Å²) in [6.07, 6.45) is 1.50. The van der Waals surface area contributed by atoms with Crippen LogP contribution >= 0.6 is 0 Å². The van der Waals surface area contributed by atoms with Crippen molar-refractivity contribution < 1.29 is 22.7 Å². The lowest BCUT2D eigenvalue weighted by atomic mass is 10.0. The first kappa shape index (κ1) is 21.8. The second-order valence-electron chi connectivity index (χ2n) is 7.19. The number of sulfonamides is 1. The van der Waals surface area contributed by atoms with Crippen molar-refractivity contribution in [1.82, 2.24) is 0 Å². The smallest absolute Gasteiger partial charge is 0.306 e. The molecule has 0 atom stereocenters. The fourth-order valence-corrected chi connectivity index (χ4v) is 4.91. The number of fused-ring (bicyclic) bond motifs is 1. The molecule has 0 unspecified atom stereocenters. The van der Waals surface area contributed by atoms with Gasteiger partial charge in [-0.1, -0.05) is 23.8 Å². The van der Waals surface area contributed by atoms with Crippen molar-refractivity contribution in [2.75, 3.05) is 22.8 Å². The minimum absolute atomic E-state index is 0.00129. The van der Waals surface area contributed by atoms with Crippen LogP contribution in [0.15, 0.2) is 47.4 Å². The largest absolute Gasteiger partial charge is 0.466 e. The van der Waals surface area contributed by atoms with Crippen LogP contribution in [0.3, 0.4) is 0 Å². The fraction of sp³-hybridized carbons (Fsp3) is 0.364. The Morgan fingerprint density at radius 2 is 1.83 bits per heavy atom. The predicted octanol–water partition coefficient (Wildman–Crippen LogP) is 3.42. The number of ether oxygens (including phenoxy) is 1. The minimum Gasteiger partial charge on any atom is -0.466 e. The Kier molecular flexibility index (Phi) is 6.77. The zero-order valence-corrected chi connectivity index (χ0v) is 18.0. The van der Waals surface area contributed by atoms with Crippen LogP contribution in [0.4, 0.5) is 11.4 Å². The molecule has 0 fully saturated rings. The van der Waals surface area contributed by atoms with Gasteiger partial charge in [-0.3, -0.25) is 13.9 Å². The summed E-state index contributed by atoms with van der Waals surface area (Å²) < 4.78 is 32.7. The van der Waals surface area contributed by atoms with E-state index < -0.39 is 16.0 Å². The van der Waals surface area contributed by atoms with Crippen LogP contribution < -0.4 is 9.62 Å². The highest BCUT2D eigenvalue weighted by Crippen LogP contribution is 2.34. The molecule has 1 amide bonds.